The third-order valence-electron chi connectivity index (χ3n) is 5.29. The van der Waals surface area contributed by atoms with Crippen LogP contribution >= 0.6 is 11.8 Å². The molecule has 4 rings (SSSR count). The molecule has 1 fully saturated rings. The summed E-state index contributed by atoms with van der Waals surface area (Å²) in [5.74, 6) is 0.317. The molecule has 0 aliphatic carbocycles. The average Bonchev–Trinajstić information content (AvgIpc) is 3.21. The monoisotopic (exact) mass is 446 g/mol. The molecule has 5 nitrogen and oxygen atoms in total. The van der Waals surface area contributed by atoms with Crippen LogP contribution in [0.25, 0.3) is 0 Å². The number of nitrogens with one attached hydrogen (secondary N) is 1. The molecule has 1 saturated heterocycles. The van der Waals surface area contributed by atoms with Gasteiger partial charge in [0, 0.05) is 11.4 Å². The first-order valence-electron chi connectivity index (χ1n) is 10.7. The summed E-state index contributed by atoms with van der Waals surface area (Å²) in [5.41, 5.74) is 4.83. The zero-order valence-corrected chi connectivity index (χ0v) is 18.8. The van der Waals surface area contributed by atoms with E-state index in [4.69, 9.17) is 4.74 Å². The van der Waals surface area contributed by atoms with Crippen molar-refractivity contribution in [1.29, 1.82) is 0 Å². The van der Waals surface area contributed by atoms with Crippen molar-refractivity contribution in [2.75, 3.05) is 22.6 Å². The highest BCUT2D eigenvalue weighted by Crippen LogP contribution is 2.42. The fourth-order valence-electron chi connectivity index (χ4n) is 3.64. The van der Waals surface area contributed by atoms with E-state index in [-0.39, 0.29) is 23.8 Å². The van der Waals surface area contributed by atoms with Gasteiger partial charge >= 0.3 is 0 Å². The number of carbonyl (C=O) groups excluding carboxylic acids is 2. The van der Waals surface area contributed by atoms with Gasteiger partial charge in [-0.25, -0.2) is 0 Å². The molecular formula is C26H26N2O3S. The molecule has 0 spiro atoms. The van der Waals surface area contributed by atoms with Gasteiger partial charge < -0.3 is 10.1 Å². The Balaban J connectivity index is 1.41. The Hall–Kier alpha value is -3.09. The zero-order chi connectivity index (χ0) is 22.3. The Morgan fingerprint density at radius 1 is 1.03 bits per heavy atom. The Morgan fingerprint density at radius 3 is 2.56 bits per heavy atom. The molecule has 3 aromatic carbocycles. The minimum atomic E-state index is -0.208. The smallest absolute Gasteiger partial charge is 0.250 e. The van der Waals surface area contributed by atoms with Crippen molar-refractivity contribution in [3.8, 4) is 0 Å². The van der Waals surface area contributed by atoms with Crippen LogP contribution in [0.2, 0.25) is 0 Å². The van der Waals surface area contributed by atoms with Crippen molar-refractivity contribution >= 4 is 35.0 Å². The Bertz CT molecular complexity index is 1070. The van der Waals surface area contributed by atoms with E-state index >= 15 is 0 Å². The fraction of sp³-hybridized carbons (Fsp3) is 0.231. The van der Waals surface area contributed by atoms with Crippen LogP contribution in [-0.4, -0.2) is 24.2 Å². The number of nitrogens with zero attached hydrogens (tertiary/aromatic N) is 1. The lowest BCUT2D eigenvalue weighted by Gasteiger charge is -2.25. The molecule has 1 heterocycles. The number of carbonyl (C=O) groups is 2. The standard InChI is InChI=1S/C26H26N2O3S/c1-2-19-11-13-23(14-12-19)28-25(30)18-32-26(28)21-9-6-10-22(15-21)27-24(29)17-31-16-20-7-4-3-5-8-20/h3-15,26H,2,16-18H2,1H3,(H,27,29). The Morgan fingerprint density at radius 2 is 1.81 bits per heavy atom. The van der Waals surface area contributed by atoms with Gasteiger partial charge in [-0.15, -0.1) is 11.8 Å². The van der Waals surface area contributed by atoms with Gasteiger partial charge in [-0.05, 0) is 47.4 Å². The number of hydrogen-bond donors (Lipinski definition) is 1. The van der Waals surface area contributed by atoms with Crippen molar-refractivity contribution in [2.24, 2.45) is 0 Å². The van der Waals surface area contributed by atoms with Gasteiger partial charge in [0.1, 0.15) is 12.0 Å². The molecule has 0 aromatic heterocycles. The van der Waals surface area contributed by atoms with E-state index in [1.807, 2.05) is 71.6 Å². The SMILES string of the molecule is CCc1ccc(N2C(=O)CSC2c2cccc(NC(=O)COCc3ccccc3)c2)cc1. The fourth-order valence-corrected chi connectivity index (χ4v) is 4.81. The topological polar surface area (TPSA) is 58.6 Å². The minimum absolute atomic E-state index is 0.0221. The van der Waals surface area contributed by atoms with E-state index in [0.29, 0.717) is 18.0 Å². The van der Waals surface area contributed by atoms with Gasteiger partial charge in [0.25, 0.3) is 0 Å². The molecule has 1 atom stereocenters. The van der Waals surface area contributed by atoms with E-state index in [0.717, 1.165) is 23.2 Å². The van der Waals surface area contributed by atoms with E-state index < -0.39 is 0 Å². The van der Waals surface area contributed by atoms with Crippen molar-refractivity contribution in [3.63, 3.8) is 0 Å². The average molecular weight is 447 g/mol. The number of thioether (sulfide) groups is 1. The highest BCUT2D eigenvalue weighted by atomic mass is 32.2. The molecule has 1 unspecified atom stereocenters. The van der Waals surface area contributed by atoms with E-state index in [2.05, 4.69) is 24.4 Å². The predicted octanol–water partition coefficient (Wildman–Crippen LogP) is 5.18. The maximum Gasteiger partial charge on any atom is 0.250 e. The van der Waals surface area contributed by atoms with Gasteiger partial charge in [-0.2, -0.15) is 0 Å². The molecule has 0 bridgehead atoms. The number of anilines is 2. The largest absolute Gasteiger partial charge is 0.367 e. The molecule has 164 valence electrons. The second-order valence-electron chi connectivity index (χ2n) is 7.60. The third kappa shape index (κ3) is 5.39. The highest BCUT2D eigenvalue weighted by Gasteiger charge is 2.34. The van der Waals surface area contributed by atoms with E-state index in [1.165, 1.54) is 5.56 Å². The van der Waals surface area contributed by atoms with Gasteiger partial charge in [0.15, 0.2) is 0 Å². The van der Waals surface area contributed by atoms with Gasteiger partial charge in [0.05, 0.1) is 12.4 Å². The summed E-state index contributed by atoms with van der Waals surface area (Å²) in [7, 11) is 0. The summed E-state index contributed by atoms with van der Waals surface area (Å²) in [5, 5.41) is 2.77. The maximum atomic E-state index is 12.6. The second kappa shape index (κ2) is 10.5. The number of rotatable bonds is 8. The quantitative estimate of drug-likeness (QED) is 0.518. The van der Waals surface area contributed by atoms with Crippen LogP contribution in [0.3, 0.4) is 0 Å². The molecule has 0 saturated carbocycles. The summed E-state index contributed by atoms with van der Waals surface area (Å²) in [6.07, 6.45) is 0.962. The Kier molecular flexibility index (Phi) is 7.24. The van der Waals surface area contributed by atoms with Crippen molar-refractivity contribution in [3.05, 3.63) is 95.6 Å². The van der Waals surface area contributed by atoms with Gasteiger partial charge in [0.2, 0.25) is 11.8 Å². The number of ether oxygens (including phenoxy) is 1. The number of amides is 2. The summed E-state index contributed by atoms with van der Waals surface area (Å²) in [6.45, 7) is 2.48. The molecule has 2 amide bonds. The normalized spacial score (nSPS) is 15.7. The maximum absolute atomic E-state index is 12.6. The van der Waals surface area contributed by atoms with Crippen LogP contribution in [0.1, 0.15) is 29.0 Å². The van der Waals surface area contributed by atoms with Crippen molar-refractivity contribution in [2.45, 2.75) is 25.3 Å². The minimum Gasteiger partial charge on any atom is -0.367 e. The van der Waals surface area contributed by atoms with Crippen molar-refractivity contribution in [1.82, 2.24) is 0 Å². The molecular weight excluding hydrogens is 420 g/mol. The number of aryl methyl sites for hydroxylation is 1. The first-order valence-corrected chi connectivity index (χ1v) is 11.7. The second-order valence-corrected chi connectivity index (χ2v) is 8.67. The number of hydrogen-bond acceptors (Lipinski definition) is 4. The number of benzene rings is 3. The summed E-state index contributed by atoms with van der Waals surface area (Å²) in [4.78, 5) is 26.8. The molecule has 1 N–H and O–H groups in total. The third-order valence-corrected chi connectivity index (χ3v) is 6.50. The molecule has 0 radical (unpaired) electrons. The van der Waals surface area contributed by atoms with Gasteiger partial charge in [-0.1, -0.05) is 61.5 Å². The molecule has 1 aliphatic heterocycles. The summed E-state index contributed by atoms with van der Waals surface area (Å²) < 4.78 is 5.52. The van der Waals surface area contributed by atoms with E-state index in [1.54, 1.807) is 11.8 Å². The van der Waals surface area contributed by atoms with Gasteiger partial charge in [-0.3, -0.25) is 14.5 Å². The predicted molar refractivity (Wildman–Crippen MR) is 130 cm³/mol. The summed E-state index contributed by atoms with van der Waals surface area (Å²) >= 11 is 1.59. The Labute approximate surface area is 192 Å². The molecule has 3 aromatic rings. The first-order chi connectivity index (χ1) is 15.6. The zero-order valence-electron chi connectivity index (χ0n) is 18.0. The molecule has 32 heavy (non-hydrogen) atoms. The van der Waals surface area contributed by atoms with E-state index in [9.17, 15) is 9.59 Å². The van der Waals surface area contributed by atoms with Crippen LogP contribution in [0.15, 0.2) is 78.9 Å². The van der Waals surface area contributed by atoms with Crippen LogP contribution in [0.4, 0.5) is 11.4 Å². The van der Waals surface area contributed by atoms with Crippen LogP contribution < -0.4 is 10.2 Å². The summed E-state index contributed by atoms with van der Waals surface area (Å²) in [6, 6.07) is 25.6. The first kappa shape index (κ1) is 22.1. The lowest BCUT2D eigenvalue weighted by atomic mass is 10.1. The van der Waals surface area contributed by atoms with Crippen molar-refractivity contribution < 1.29 is 14.3 Å². The lowest BCUT2D eigenvalue weighted by Crippen LogP contribution is -2.27. The molecule has 6 heteroatoms. The molecule has 1 aliphatic rings. The van der Waals surface area contributed by atoms with Crippen LogP contribution in [-0.2, 0) is 27.4 Å². The highest BCUT2D eigenvalue weighted by molar-refractivity contribution is 8.00. The van der Waals surface area contributed by atoms with Crippen LogP contribution in [0.5, 0.6) is 0 Å². The van der Waals surface area contributed by atoms with Crippen LogP contribution in [0, 0.1) is 0 Å². The lowest BCUT2D eigenvalue weighted by molar-refractivity contribution is -0.121.